The molecule has 2 saturated carbocycles. The maximum Gasteiger partial charge on any atom is 0.0676 e. The highest BCUT2D eigenvalue weighted by Gasteiger charge is 2.44. The molecule has 1 unspecified atom stereocenters. The third-order valence-electron chi connectivity index (χ3n) is 4.33. The van der Waals surface area contributed by atoms with Gasteiger partial charge in [0.2, 0.25) is 0 Å². The first-order chi connectivity index (χ1) is 7.80. The van der Waals surface area contributed by atoms with Crippen molar-refractivity contribution in [3.05, 3.63) is 0 Å². The summed E-state index contributed by atoms with van der Waals surface area (Å²) in [5.41, 5.74) is -0.168. The summed E-state index contributed by atoms with van der Waals surface area (Å²) in [6.07, 6.45) is 7.86. The molecule has 0 aliphatic heterocycles. The molecule has 16 heavy (non-hydrogen) atoms. The van der Waals surface area contributed by atoms with E-state index in [-0.39, 0.29) is 12.1 Å². The van der Waals surface area contributed by atoms with E-state index in [0.717, 1.165) is 12.5 Å². The van der Waals surface area contributed by atoms with Crippen LogP contribution in [0.2, 0.25) is 0 Å². The van der Waals surface area contributed by atoms with E-state index in [2.05, 4.69) is 5.32 Å². The van der Waals surface area contributed by atoms with Crippen LogP contribution in [0.3, 0.4) is 0 Å². The first-order valence-electron chi connectivity index (χ1n) is 6.68. The first-order valence-corrected chi connectivity index (χ1v) is 6.68. The quantitative estimate of drug-likeness (QED) is 0.693. The number of likely N-dealkylation sites (N-methyl/N-ethyl adjacent to an activating group) is 1. The van der Waals surface area contributed by atoms with Crippen molar-refractivity contribution in [2.24, 2.45) is 11.8 Å². The van der Waals surface area contributed by atoms with E-state index in [1.165, 1.54) is 38.5 Å². The molecule has 0 bridgehead atoms. The highest BCUT2D eigenvalue weighted by Crippen LogP contribution is 2.39. The van der Waals surface area contributed by atoms with Gasteiger partial charge in [-0.25, -0.2) is 0 Å². The van der Waals surface area contributed by atoms with Crippen molar-refractivity contribution in [2.45, 2.75) is 44.1 Å². The second kappa shape index (κ2) is 5.48. The lowest BCUT2D eigenvalue weighted by Gasteiger charge is -2.32. The van der Waals surface area contributed by atoms with E-state index in [1.807, 2.05) is 7.05 Å². The molecule has 0 aromatic rings. The van der Waals surface area contributed by atoms with Gasteiger partial charge in [0.05, 0.1) is 18.8 Å². The number of aliphatic hydroxyl groups excluding tert-OH is 1. The number of aliphatic hydroxyl groups is 1. The van der Waals surface area contributed by atoms with Gasteiger partial charge in [0.1, 0.15) is 0 Å². The minimum Gasteiger partial charge on any atom is -0.394 e. The molecule has 0 saturated heterocycles. The Morgan fingerprint density at radius 2 is 1.94 bits per heavy atom. The van der Waals surface area contributed by atoms with Gasteiger partial charge in [-0.1, -0.05) is 12.8 Å². The molecule has 0 heterocycles. The topological polar surface area (TPSA) is 41.5 Å². The largest absolute Gasteiger partial charge is 0.394 e. The maximum absolute atomic E-state index is 9.54. The van der Waals surface area contributed by atoms with Crippen LogP contribution in [0.25, 0.3) is 0 Å². The smallest absolute Gasteiger partial charge is 0.0676 e. The van der Waals surface area contributed by atoms with E-state index >= 15 is 0 Å². The highest BCUT2D eigenvalue weighted by atomic mass is 16.5. The van der Waals surface area contributed by atoms with Crippen molar-refractivity contribution in [1.29, 1.82) is 0 Å². The van der Waals surface area contributed by atoms with Crippen LogP contribution in [0.5, 0.6) is 0 Å². The molecule has 2 fully saturated rings. The van der Waals surface area contributed by atoms with Crippen molar-refractivity contribution in [3.8, 4) is 0 Å². The SMILES string of the molecule is CNC(CO)(COCC1CCCC1)C1CC1. The zero-order valence-corrected chi connectivity index (χ0v) is 10.4. The summed E-state index contributed by atoms with van der Waals surface area (Å²) in [6, 6.07) is 0. The molecule has 3 nitrogen and oxygen atoms in total. The van der Waals surface area contributed by atoms with Crippen LogP contribution < -0.4 is 5.32 Å². The molecule has 0 aromatic carbocycles. The molecule has 1 atom stereocenters. The van der Waals surface area contributed by atoms with Crippen LogP contribution in [0.15, 0.2) is 0 Å². The summed E-state index contributed by atoms with van der Waals surface area (Å²) in [6.45, 7) is 1.75. The highest BCUT2D eigenvalue weighted by molar-refractivity contribution is 5.00. The predicted molar refractivity (Wildman–Crippen MR) is 64.4 cm³/mol. The van der Waals surface area contributed by atoms with Crippen LogP contribution in [0, 0.1) is 11.8 Å². The summed E-state index contributed by atoms with van der Waals surface area (Å²) in [5, 5.41) is 12.8. The normalized spacial score (nSPS) is 25.9. The Kier molecular flexibility index (Phi) is 4.22. The summed E-state index contributed by atoms with van der Waals surface area (Å²) in [5.74, 6) is 1.39. The minimum absolute atomic E-state index is 0.168. The molecule has 2 rings (SSSR count). The number of hydrogen-bond donors (Lipinski definition) is 2. The molecule has 94 valence electrons. The molecular formula is C13H25NO2. The Hall–Kier alpha value is -0.120. The number of hydrogen-bond acceptors (Lipinski definition) is 3. The Bertz CT molecular complexity index is 206. The molecule has 3 heteroatoms. The van der Waals surface area contributed by atoms with Crippen molar-refractivity contribution in [2.75, 3.05) is 26.9 Å². The predicted octanol–water partition coefficient (Wildman–Crippen LogP) is 1.55. The van der Waals surface area contributed by atoms with Gasteiger partial charge < -0.3 is 15.2 Å². The van der Waals surface area contributed by atoms with Gasteiger partial charge in [0, 0.05) is 6.61 Å². The fourth-order valence-corrected chi connectivity index (χ4v) is 2.87. The summed E-state index contributed by atoms with van der Waals surface area (Å²) >= 11 is 0. The molecule has 2 aliphatic carbocycles. The van der Waals surface area contributed by atoms with Crippen molar-refractivity contribution in [3.63, 3.8) is 0 Å². The summed E-state index contributed by atoms with van der Waals surface area (Å²) < 4.78 is 5.84. The average molecular weight is 227 g/mol. The van der Waals surface area contributed by atoms with Gasteiger partial charge >= 0.3 is 0 Å². The standard InChI is InChI=1S/C13H25NO2/c1-14-13(9-15,12-6-7-12)10-16-8-11-4-2-3-5-11/h11-12,14-15H,2-10H2,1H3. The second-order valence-corrected chi connectivity index (χ2v) is 5.50. The fraction of sp³-hybridized carbons (Fsp3) is 1.00. The third kappa shape index (κ3) is 2.76. The monoisotopic (exact) mass is 227 g/mol. The van der Waals surface area contributed by atoms with Crippen LogP contribution in [-0.2, 0) is 4.74 Å². The van der Waals surface area contributed by atoms with Gasteiger partial charge in [0.25, 0.3) is 0 Å². The molecule has 0 aromatic heterocycles. The lowest BCUT2D eigenvalue weighted by atomic mass is 9.95. The van der Waals surface area contributed by atoms with Gasteiger partial charge in [0.15, 0.2) is 0 Å². The zero-order chi connectivity index (χ0) is 11.4. The molecule has 0 radical (unpaired) electrons. The second-order valence-electron chi connectivity index (χ2n) is 5.50. The first kappa shape index (κ1) is 12.3. The molecule has 0 spiro atoms. The number of rotatable bonds is 7. The molecule has 2 N–H and O–H groups in total. The summed E-state index contributed by atoms with van der Waals surface area (Å²) in [7, 11) is 1.94. The van der Waals surface area contributed by atoms with Crippen molar-refractivity contribution >= 4 is 0 Å². The molecular weight excluding hydrogens is 202 g/mol. The summed E-state index contributed by atoms with van der Waals surface area (Å²) in [4.78, 5) is 0. The Balaban J connectivity index is 1.72. The van der Waals surface area contributed by atoms with E-state index in [4.69, 9.17) is 4.74 Å². The lowest BCUT2D eigenvalue weighted by Crippen LogP contribution is -2.52. The fourth-order valence-electron chi connectivity index (χ4n) is 2.87. The molecule has 0 amide bonds. The van der Waals surface area contributed by atoms with E-state index < -0.39 is 0 Å². The zero-order valence-electron chi connectivity index (χ0n) is 10.4. The van der Waals surface area contributed by atoms with Gasteiger partial charge in [-0.15, -0.1) is 0 Å². The van der Waals surface area contributed by atoms with Crippen LogP contribution >= 0.6 is 0 Å². The maximum atomic E-state index is 9.54. The Morgan fingerprint density at radius 1 is 1.25 bits per heavy atom. The van der Waals surface area contributed by atoms with E-state index in [9.17, 15) is 5.11 Å². The van der Waals surface area contributed by atoms with Crippen LogP contribution in [0.1, 0.15) is 38.5 Å². The van der Waals surface area contributed by atoms with Crippen molar-refractivity contribution in [1.82, 2.24) is 5.32 Å². The average Bonchev–Trinajstić information content (AvgIpc) is 3.04. The van der Waals surface area contributed by atoms with Crippen LogP contribution in [-0.4, -0.2) is 37.5 Å². The minimum atomic E-state index is -0.168. The van der Waals surface area contributed by atoms with Gasteiger partial charge in [-0.05, 0) is 44.6 Å². The lowest BCUT2D eigenvalue weighted by molar-refractivity contribution is 0.0142. The van der Waals surface area contributed by atoms with Gasteiger partial charge in [-0.3, -0.25) is 0 Å². The number of ether oxygens (including phenoxy) is 1. The van der Waals surface area contributed by atoms with E-state index in [0.29, 0.717) is 12.5 Å². The van der Waals surface area contributed by atoms with Crippen molar-refractivity contribution < 1.29 is 9.84 Å². The third-order valence-corrected chi connectivity index (χ3v) is 4.33. The Morgan fingerprint density at radius 3 is 2.44 bits per heavy atom. The van der Waals surface area contributed by atoms with Gasteiger partial charge in [-0.2, -0.15) is 0 Å². The number of nitrogens with one attached hydrogen (secondary N) is 1. The Labute approximate surface area is 98.6 Å². The molecule has 2 aliphatic rings. The van der Waals surface area contributed by atoms with Crippen LogP contribution in [0.4, 0.5) is 0 Å². The van der Waals surface area contributed by atoms with E-state index in [1.54, 1.807) is 0 Å².